The van der Waals surface area contributed by atoms with Crippen molar-refractivity contribution in [2.45, 2.75) is 6.54 Å². The highest BCUT2D eigenvalue weighted by molar-refractivity contribution is 5.91. The summed E-state index contributed by atoms with van der Waals surface area (Å²) in [5.41, 5.74) is 4.91. The Morgan fingerprint density at radius 1 is 1.16 bits per heavy atom. The van der Waals surface area contributed by atoms with Gasteiger partial charge in [-0.05, 0) is 29.3 Å². The number of amides is 1. The number of hydrogen-bond donors (Lipinski definition) is 2. The van der Waals surface area contributed by atoms with Crippen LogP contribution in [0.25, 0.3) is 6.08 Å². The first kappa shape index (κ1) is 17.1. The number of nitrogens with zero attached hydrogens (tertiary/aromatic N) is 3. The van der Waals surface area contributed by atoms with Crippen molar-refractivity contribution in [2.24, 2.45) is 0 Å². The van der Waals surface area contributed by atoms with Crippen molar-refractivity contribution in [1.29, 1.82) is 0 Å². The molecule has 1 aromatic heterocycles. The summed E-state index contributed by atoms with van der Waals surface area (Å²) in [6.45, 7) is 4.72. The summed E-state index contributed by atoms with van der Waals surface area (Å²) in [5.74, 6) is -0.531. The van der Waals surface area contributed by atoms with Crippen molar-refractivity contribution in [3.05, 3.63) is 66.0 Å². The van der Waals surface area contributed by atoms with Crippen molar-refractivity contribution < 1.29 is 10.0 Å². The Morgan fingerprint density at radius 3 is 2.68 bits per heavy atom. The van der Waals surface area contributed by atoms with Gasteiger partial charge in [0.25, 0.3) is 5.91 Å². The van der Waals surface area contributed by atoms with Crippen molar-refractivity contribution in [3.63, 3.8) is 0 Å². The van der Waals surface area contributed by atoms with Crippen molar-refractivity contribution in [3.8, 4) is 0 Å². The highest BCUT2D eigenvalue weighted by atomic mass is 16.5. The summed E-state index contributed by atoms with van der Waals surface area (Å²) in [6.07, 6.45) is 6.77. The second-order valence-electron chi connectivity index (χ2n) is 5.99. The van der Waals surface area contributed by atoms with Gasteiger partial charge in [0.15, 0.2) is 0 Å². The minimum absolute atomic E-state index is 0.531. The van der Waals surface area contributed by atoms with E-state index in [-0.39, 0.29) is 0 Å². The maximum absolute atomic E-state index is 11.2. The van der Waals surface area contributed by atoms with Crippen LogP contribution >= 0.6 is 0 Å². The third kappa shape index (κ3) is 4.65. The zero-order chi connectivity index (χ0) is 17.5. The largest absolute Gasteiger partial charge is 0.368 e. The van der Waals surface area contributed by atoms with E-state index in [0.717, 1.165) is 44.0 Å². The number of carbonyl (C=O) groups excluding carboxylic acids is 1. The number of pyridine rings is 1. The second kappa shape index (κ2) is 8.41. The van der Waals surface area contributed by atoms with Gasteiger partial charge in [0.2, 0.25) is 0 Å². The van der Waals surface area contributed by atoms with E-state index in [2.05, 4.69) is 26.9 Å². The first-order valence-corrected chi connectivity index (χ1v) is 8.33. The lowest BCUT2D eigenvalue weighted by atomic mass is 10.1. The fraction of sp³-hybridized carbons (Fsp3) is 0.263. The zero-order valence-electron chi connectivity index (χ0n) is 14.0. The van der Waals surface area contributed by atoms with E-state index in [0.29, 0.717) is 0 Å². The summed E-state index contributed by atoms with van der Waals surface area (Å²) >= 11 is 0. The maximum atomic E-state index is 11.2. The molecule has 1 aromatic carbocycles. The van der Waals surface area contributed by atoms with Crippen LogP contribution in [0.4, 0.5) is 5.69 Å². The van der Waals surface area contributed by atoms with E-state index in [9.17, 15) is 4.79 Å². The van der Waals surface area contributed by atoms with E-state index in [1.165, 1.54) is 11.6 Å². The number of aromatic nitrogens is 1. The van der Waals surface area contributed by atoms with E-state index >= 15 is 0 Å². The fourth-order valence-corrected chi connectivity index (χ4v) is 3.02. The van der Waals surface area contributed by atoms with Gasteiger partial charge in [-0.3, -0.25) is 19.9 Å². The number of piperazine rings is 1. The molecule has 2 heterocycles. The topological polar surface area (TPSA) is 68.7 Å². The Kier molecular flexibility index (Phi) is 5.77. The third-order valence-corrected chi connectivity index (χ3v) is 4.30. The lowest BCUT2D eigenvalue weighted by molar-refractivity contribution is -0.124. The molecule has 130 valence electrons. The molecule has 2 N–H and O–H groups in total. The average molecular weight is 338 g/mol. The Morgan fingerprint density at radius 2 is 1.96 bits per heavy atom. The number of para-hydroxylation sites is 1. The molecule has 1 saturated heterocycles. The van der Waals surface area contributed by atoms with Crippen LogP contribution in [0, 0.1) is 0 Å². The van der Waals surface area contributed by atoms with Crippen molar-refractivity contribution in [1.82, 2.24) is 15.4 Å². The number of carbonyl (C=O) groups is 1. The smallest absolute Gasteiger partial charge is 0.267 e. The molecular weight excluding hydrogens is 316 g/mol. The molecule has 25 heavy (non-hydrogen) atoms. The van der Waals surface area contributed by atoms with E-state index in [4.69, 9.17) is 5.21 Å². The highest BCUT2D eigenvalue weighted by Crippen LogP contribution is 2.23. The van der Waals surface area contributed by atoms with Gasteiger partial charge < -0.3 is 4.90 Å². The van der Waals surface area contributed by atoms with Crippen molar-refractivity contribution >= 4 is 17.7 Å². The van der Waals surface area contributed by atoms with Crippen LogP contribution in [0.15, 0.2) is 54.9 Å². The minimum Gasteiger partial charge on any atom is -0.368 e. The van der Waals surface area contributed by atoms with E-state index in [1.807, 2.05) is 30.5 Å². The first-order valence-electron chi connectivity index (χ1n) is 8.33. The van der Waals surface area contributed by atoms with Crippen LogP contribution in [-0.4, -0.2) is 47.2 Å². The number of benzene rings is 1. The lowest BCUT2D eigenvalue weighted by Gasteiger charge is -2.36. The molecule has 0 radical (unpaired) electrons. The molecule has 6 heteroatoms. The molecule has 2 aromatic rings. The van der Waals surface area contributed by atoms with Crippen molar-refractivity contribution in [2.75, 3.05) is 31.1 Å². The van der Waals surface area contributed by atoms with Crippen LogP contribution in [0.2, 0.25) is 0 Å². The van der Waals surface area contributed by atoms with Gasteiger partial charge in [-0.2, -0.15) is 0 Å². The number of hydroxylamine groups is 1. The molecule has 0 atom stereocenters. The summed E-state index contributed by atoms with van der Waals surface area (Å²) in [6, 6.07) is 12.0. The molecule has 6 nitrogen and oxygen atoms in total. The Labute approximate surface area is 147 Å². The third-order valence-electron chi connectivity index (χ3n) is 4.30. The molecule has 1 amide bonds. The minimum atomic E-state index is -0.531. The Balaban J connectivity index is 1.63. The standard InChI is InChI=1S/C19H22N4O2/c24-19(21-25)8-7-17-5-1-2-6-18(17)23-12-10-22(11-13-23)15-16-4-3-9-20-14-16/h1-9,14,25H,10-13,15H2,(H,21,24)/b8-7+. The lowest BCUT2D eigenvalue weighted by Crippen LogP contribution is -2.46. The summed E-state index contributed by atoms with van der Waals surface area (Å²) in [4.78, 5) is 20.1. The summed E-state index contributed by atoms with van der Waals surface area (Å²) in [7, 11) is 0. The van der Waals surface area contributed by atoms with Crippen LogP contribution in [-0.2, 0) is 11.3 Å². The predicted molar refractivity (Wildman–Crippen MR) is 97.1 cm³/mol. The molecule has 0 aliphatic carbocycles. The Hall–Kier alpha value is -2.70. The van der Waals surface area contributed by atoms with Gasteiger partial charge in [0, 0.05) is 56.9 Å². The Bertz CT molecular complexity index is 725. The zero-order valence-corrected chi connectivity index (χ0v) is 14.0. The number of nitrogens with one attached hydrogen (secondary N) is 1. The molecule has 1 aliphatic rings. The molecular formula is C19H22N4O2. The molecule has 0 spiro atoms. The quantitative estimate of drug-likeness (QED) is 0.495. The van der Waals surface area contributed by atoms with E-state index < -0.39 is 5.91 Å². The van der Waals surface area contributed by atoms with Crippen LogP contribution in [0.1, 0.15) is 11.1 Å². The predicted octanol–water partition coefficient (Wildman–Crippen LogP) is 1.92. The maximum Gasteiger partial charge on any atom is 0.267 e. The van der Waals surface area contributed by atoms with Gasteiger partial charge >= 0.3 is 0 Å². The molecule has 1 fully saturated rings. The number of rotatable bonds is 5. The first-order chi connectivity index (χ1) is 12.3. The van der Waals surface area contributed by atoms with Gasteiger partial charge in [-0.25, -0.2) is 5.48 Å². The average Bonchev–Trinajstić information content (AvgIpc) is 2.68. The van der Waals surface area contributed by atoms with Gasteiger partial charge in [-0.15, -0.1) is 0 Å². The number of anilines is 1. The molecule has 0 bridgehead atoms. The fourth-order valence-electron chi connectivity index (χ4n) is 3.02. The molecule has 0 saturated carbocycles. The normalized spacial score (nSPS) is 15.5. The second-order valence-corrected chi connectivity index (χ2v) is 5.99. The van der Waals surface area contributed by atoms with Gasteiger partial charge in [0.1, 0.15) is 0 Å². The monoisotopic (exact) mass is 338 g/mol. The van der Waals surface area contributed by atoms with Crippen LogP contribution < -0.4 is 10.4 Å². The van der Waals surface area contributed by atoms with Crippen LogP contribution in [0.3, 0.4) is 0 Å². The summed E-state index contributed by atoms with van der Waals surface area (Å²) < 4.78 is 0. The number of hydrogen-bond acceptors (Lipinski definition) is 5. The highest BCUT2D eigenvalue weighted by Gasteiger charge is 2.18. The molecule has 1 aliphatic heterocycles. The van der Waals surface area contributed by atoms with Gasteiger partial charge in [-0.1, -0.05) is 24.3 Å². The van der Waals surface area contributed by atoms with Crippen LogP contribution in [0.5, 0.6) is 0 Å². The molecule has 0 unspecified atom stereocenters. The SMILES string of the molecule is O=C(/C=C/c1ccccc1N1CCN(Cc2cccnc2)CC1)NO. The summed E-state index contributed by atoms with van der Waals surface area (Å²) in [5, 5.41) is 8.61. The van der Waals surface area contributed by atoms with Gasteiger partial charge in [0.05, 0.1) is 0 Å². The molecule has 3 rings (SSSR count). The van der Waals surface area contributed by atoms with E-state index in [1.54, 1.807) is 17.8 Å².